The second kappa shape index (κ2) is 9.22. The minimum atomic E-state index is -3.77. The molecule has 2 aromatic heterocycles. The molecular weight excluding hydrogens is 442 g/mol. The summed E-state index contributed by atoms with van der Waals surface area (Å²) in [4.78, 5) is 13.0. The van der Waals surface area contributed by atoms with E-state index in [1.54, 1.807) is 12.1 Å². The minimum Gasteiger partial charge on any atom is -0.368 e. The normalized spacial score (nSPS) is 11.3. The minimum absolute atomic E-state index is 0.00941. The molecule has 2 heterocycles. The maximum Gasteiger partial charge on any atom is 0.248 e. The highest BCUT2D eigenvalue weighted by Crippen LogP contribution is 2.23. The Labute approximate surface area is 191 Å². The number of aromatic nitrogens is 5. The lowest BCUT2D eigenvalue weighted by Gasteiger charge is -2.13. The van der Waals surface area contributed by atoms with Gasteiger partial charge < -0.3 is 16.4 Å². The van der Waals surface area contributed by atoms with Gasteiger partial charge in [0, 0.05) is 17.8 Å². The number of primary sulfonamides is 1. The molecule has 12 heteroatoms. The summed E-state index contributed by atoms with van der Waals surface area (Å²) in [5, 5.41) is 15.9. The first-order chi connectivity index (χ1) is 15.8. The number of nitrogens with two attached hydrogens (primary N) is 2. The summed E-state index contributed by atoms with van der Waals surface area (Å²) < 4.78 is 24.3. The van der Waals surface area contributed by atoms with Crippen LogP contribution in [0.15, 0.2) is 65.8 Å². The number of hydrogen-bond donors (Lipinski definition) is 4. The van der Waals surface area contributed by atoms with Crippen molar-refractivity contribution in [3.63, 3.8) is 0 Å². The topological polar surface area (TPSA) is 167 Å². The average molecular weight is 466 g/mol. The predicted molar refractivity (Wildman–Crippen MR) is 126 cm³/mol. The Morgan fingerprint density at radius 2 is 1.76 bits per heavy atom. The average Bonchev–Trinajstić information content (AvgIpc) is 3.17. The summed E-state index contributed by atoms with van der Waals surface area (Å²) in [6.07, 6.45) is 2.09. The Balaban J connectivity index is 1.58. The molecule has 4 rings (SSSR count). The standard InChI is InChI=1S/C21H23N9O2S/c1-2-17-18(24-12-14-6-4-3-5-7-14)25-13-26-19(17)30-20(22)28-21(29-30)27-15-8-10-16(11-9-15)33(23,31)32/h3-11,13H,2,12H2,1H3,(H2,23,31,32)(H,24,25,26)(H3,22,27,28,29). The Morgan fingerprint density at radius 3 is 2.42 bits per heavy atom. The Morgan fingerprint density at radius 1 is 1.03 bits per heavy atom. The number of nitrogens with zero attached hydrogens (tertiary/aromatic N) is 5. The second-order valence-corrected chi connectivity index (χ2v) is 8.68. The maximum atomic E-state index is 11.4. The Hall–Kier alpha value is -4.03. The van der Waals surface area contributed by atoms with E-state index in [1.165, 1.54) is 23.1 Å². The molecule has 0 saturated carbocycles. The highest BCUT2D eigenvalue weighted by molar-refractivity contribution is 7.89. The van der Waals surface area contributed by atoms with Crippen molar-refractivity contribution in [3.8, 4) is 5.82 Å². The van der Waals surface area contributed by atoms with Gasteiger partial charge in [0.1, 0.15) is 12.1 Å². The molecule has 0 saturated heterocycles. The lowest BCUT2D eigenvalue weighted by Crippen LogP contribution is -2.12. The Bertz CT molecular complexity index is 1350. The third kappa shape index (κ3) is 5.07. The van der Waals surface area contributed by atoms with Crippen molar-refractivity contribution in [2.45, 2.75) is 24.8 Å². The number of hydrogen-bond acceptors (Lipinski definition) is 9. The van der Waals surface area contributed by atoms with E-state index in [2.05, 4.69) is 30.7 Å². The lowest BCUT2D eigenvalue weighted by molar-refractivity contribution is 0.598. The fourth-order valence-electron chi connectivity index (χ4n) is 3.24. The van der Waals surface area contributed by atoms with Crippen LogP contribution in [0.5, 0.6) is 0 Å². The first-order valence-electron chi connectivity index (χ1n) is 10.1. The van der Waals surface area contributed by atoms with Gasteiger partial charge in [-0.05, 0) is 36.2 Å². The molecule has 0 spiro atoms. The third-order valence-electron chi connectivity index (χ3n) is 4.85. The SMILES string of the molecule is CCc1c(NCc2ccccc2)ncnc1-n1nc(Nc2ccc(S(N)(=O)=O)cc2)nc1N. The summed E-state index contributed by atoms with van der Waals surface area (Å²) in [5.74, 6) is 1.58. The van der Waals surface area contributed by atoms with E-state index in [1.807, 2.05) is 37.3 Å². The van der Waals surface area contributed by atoms with E-state index in [4.69, 9.17) is 10.9 Å². The molecule has 0 atom stereocenters. The highest BCUT2D eigenvalue weighted by Gasteiger charge is 2.17. The van der Waals surface area contributed by atoms with Crippen LogP contribution < -0.4 is 21.5 Å². The first kappa shape index (κ1) is 22.2. The molecule has 11 nitrogen and oxygen atoms in total. The van der Waals surface area contributed by atoms with Gasteiger partial charge in [0.15, 0.2) is 5.82 Å². The number of rotatable bonds is 8. The molecule has 0 radical (unpaired) electrons. The van der Waals surface area contributed by atoms with Crippen molar-refractivity contribution >= 4 is 33.4 Å². The summed E-state index contributed by atoms with van der Waals surface area (Å²) in [6.45, 7) is 2.60. The molecule has 33 heavy (non-hydrogen) atoms. The summed E-state index contributed by atoms with van der Waals surface area (Å²) in [7, 11) is -3.77. The summed E-state index contributed by atoms with van der Waals surface area (Å²) in [5.41, 5.74) is 8.66. The Kier molecular flexibility index (Phi) is 6.20. The molecule has 0 amide bonds. The second-order valence-electron chi connectivity index (χ2n) is 7.12. The van der Waals surface area contributed by atoms with Crippen LogP contribution in [0.1, 0.15) is 18.1 Å². The van der Waals surface area contributed by atoms with Crippen LogP contribution in [-0.4, -0.2) is 33.2 Å². The number of sulfonamides is 1. The number of nitrogens with one attached hydrogen (secondary N) is 2. The van der Waals surface area contributed by atoms with Crippen molar-refractivity contribution in [1.29, 1.82) is 0 Å². The van der Waals surface area contributed by atoms with Crippen LogP contribution in [0.3, 0.4) is 0 Å². The molecule has 4 aromatic rings. The van der Waals surface area contributed by atoms with Gasteiger partial charge in [-0.15, -0.1) is 5.10 Å². The number of nitrogen functional groups attached to an aromatic ring is 1. The van der Waals surface area contributed by atoms with Crippen molar-refractivity contribution in [3.05, 3.63) is 72.1 Å². The van der Waals surface area contributed by atoms with Crippen LogP contribution in [0, 0.1) is 0 Å². The lowest BCUT2D eigenvalue weighted by atomic mass is 10.2. The van der Waals surface area contributed by atoms with E-state index in [9.17, 15) is 8.42 Å². The smallest absolute Gasteiger partial charge is 0.248 e. The van der Waals surface area contributed by atoms with Crippen molar-refractivity contribution in [2.75, 3.05) is 16.4 Å². The fourth-order valence-corrected chi connectivity index (χ4v) is 3.75. The molecule has 0 aliphatic rings. The molecule has 0 aliphatic heterocycles. The molecule has 0 aliphatic carbocycles. The molecule has 0 fully saturated rings. The largest absolute Gasteiger partial charge is 0.368 e. The molecule has 0 bridgehead atoms. The zero-order chi connectivity index (χ0) is 23.4. The van der Waals surface area contributed by atoms with Crippen LogP contribution in [0.25, 0.3) is 5.82 Å². The van der Waals surface area contributed by atoms with Gasteiger partial charge in [0.2, 0.25) is 21.9 Å². The molecule has 2 aromatic carbocycles. The monoisotopic (exact) mass is 465 g/mol. The van der Waals surface area contributed by atoms with Gasteiger partial charge in [0.25, 0.3) is 0 Å². The number of benzene rings is 2. The van der Waals surface area contributed by atoms with E-state index in [0.717, 1.165) is 11.1 Å². The van der Waals surface area contributed by atoms with Gasteiger partial charge in [-0.25, -0.2) is 23.5 Å². The van der Waals surface area contributed by atoms with Gasteiger partial charge in [-0.1, -0.05) is 37.3 Å². The van der Waals surface area contributed by atoms with E-state index in [0.29, 0.717) is 30.3 Å². The van der Waals surface area contributed by atoms with Crippen molar-refractivity contribution < 1.29 is 8.42 Å². The van der Waals surface area contributed by atoms with Gasteiger partial charge in [0.05, 0.1) is 4.90 Å². The van der Waals surface area contributed by atoms with Crippen molar-refractivity contribution in [2.24, 2.45) is 5.14 Å². The quantitative estimate of drug-likeness (QED) is 0.305. The van der Waals surface area contributed by atoms with Gasteiger partial charge >= 0.3 is 0 Å². The zero-order valence-electron chi connectivity index (χ0n) is 17.8. The molecular formula is C21H23N9O2S. The first-order valence-corrected chi connectivity index (χ1v) is 11.6. The predicted octanol–water partition coefficient (Wildman–Crippen LogP) is 2.20. The van der Waals surface area contributed by atoms with Crippen LogP contribution >= 0.6 is 0 Å². The van der Waals surface area contributed by atoms with E-state index in [-0.39, 0.29) is 16.8 Å². The number of anilines is 4. The molecule has 170 valence electrons. The zero-order valence-corrected chi connectivity index (χ0v) is 18.6. The summed E-state index contributed by atoms with van der Waals surface area (Å²) >= 11 is 0. The van der Waals surface area contributed by atoms with Crippen LogP contribution in [0.2, 0.25) is 0 Å². The maximum absolute atomic E-state index is 11.4. The van der Waals surface area contributed by atoms with E-state index >= 15 is 0 Å². The van der Waals surface area contributed by atoms with Crippen LogP contribution in [-0.2, 0) is 23.0 Å². The van der Waals surface area contributed by atoms with Gasteiger partial charge in [-0.3, -0.25) is 0 Å². The van der Waals surface area contributed by atoms with E-state index < -0.39 is 10.0 Å². The van der Waals surface area contributed by atoms with Crippen molar-refractivity contribution in [1.82, 2.24) is 24.7 Å². The third-order valence-corrected chi connectivity index (χ3v) is 5.78. The molecule has 0 unspecified atom stereocenters. The highest BCUT2D eigenvalue weighted by atomic mass is 32.2. The van der Waals surface area contributed by atoms with Gasteiger partial charge in [-0.2, -0.15) is 9.67 Å². The van der Waals surface area contributed by atoms with Crippen LogP contribution in [0.4, 0.5) is 23.4 Å². The fraction of sp³-hybridized carbons (Fsp3) is 0.143. The molecule has 6 N–H and O–H groups in total. The summed E-state index contributed by atoms with van der Waals surface area (Å²) in [6, 6.07) is 15.9.